The van der Waals surface area contributed by atoms with Gasteiger partial charge in [-0.25, -0.2) is 4.98 Å². The summed E-state index contributed by atoms with van der Waals surface area (Å²) in [7, 11) is 0. The van der Waals surface area contributed by atoms with Crippen LogP contribution < -0.4 is 10.6 Å². The smallest absolute Gasteiger partial charge is 0.190 e. The molecule has 0 unspecified atom stereocenters. The fourth-order valence-corrected chi connectivity index (χ4v) is 2.74. The van der Waals surface area contributed by atoms with E-state index >= 15 is 0 Å². The minimum Gasteiger partial charge on any atom is -0.330 e. The van der Waals surface area contributed by atoms with Crippen LogP contribution in [0.15, 0.2) is 29.6 Å². The van der Waals surface area contributed by atoms with Crippen LogP contribution in [-0.4, -0.2) is 18.1 Å². The molecule has 0 saturated carbocycles. The molecule has 0 aliphatic carbocycles. The SMILES string of the molecule is Cc1csc(N(CCCN)c2ccccc2C)n1. The first-order valence-corrected chi connectivity index (χ1v) is 7.05. The van der Waals surface area contributed by atoms with E-state index in [1.165, 1.54) is 11.3 Å². The number of aromatic nitrogens is 1. The van der Waals surface area contributed by atoms with Gasteiger partial charge in [0.05, 0.1) is 5.69 Å². The molecule has 18 heavy (non-hydrogen) atoms. The molecule has 0 fully saturated rings. The third-order valence-corrected chi connectivity index (χ3v) is 3.81. The number of nitrogens with two attached hydrogens (primary N) is 1. The third kappa shape index (κ3) is 2.89. The van der Waals surface area contributed by atoms with E-state index in [0.29, 0.717) is 6.54 Å². The summed E-state index contributed by atoms with van der Waals surface area (Å²) in [4.78, 5) is 6.85. The predicted octanol–water partition coefficient (Wildman–Crippen LogP) is 3.25. The van der Waals surface area contributed by atoms with Gasteiger partial charge in [0.15, 0.2) is 5.13 Å². The molecule has 0 aliphatic heterocycles. The van der Waals surface area contributed by atoms with Crippen LogP contribution in [-0.2, 0) is 0 Å². The van der Waals surface area contributed by atoms with Crippen molar-refractivity contribution in [3.05, 3.63) is 40.9 Å². The minimum atomic E-state index is 0.701. The van der Waals surface area contributed by atoms with Crippen molar-refractivity contribution >= 4 is 22.2 Å². The zero-order chi connectivity index (χ0) is 13.0. The highest BCUT2D eigenvalue weighted by atomic mass is 32.1. The quantitative estimate of drug-likeness (QED) is 0.898. The predicted molar refractivity (Wildman–Crippen MR) is 78.7 cm³/mol. The molecule has 2 aromatic rings. The Morgan fingerprint density at radius 2 is 2.06 bits per heavy atom. The number of anilines is 2. The molecule has 2 rings (SSSR count). The van der Waals surface area contributed by atoms with Gasteiger partial charge in [-0.3, -0.25) is 0 Å². The van der Waals surface area contributed by atoms with E-state index in [0.717, 1.165) is 23.8 Å². The second-order valence-corrected chi connectivity index (χ2v) is 5.19. The van der Waals surface area contributed by atoms with Gasteiger partial charge in [-0.1, -0.05) is 18.2 Å². The second kappa shape index (κ2) is 5.98. The summed E-state index contributed by atoms with van der Waals surface area (Å²) in [6.07, 6.45) is 0.965. The largest absolute Gasteiger partial charge is 0.330 e. The van der Waals surface area contributed by atoms with Crippen LogP contribution in [0.4, 0.5) is 10.8 Å². The normalized spacial score (nSPS) is 10.6. The summed E-state index contributed by atoms with van der Waals surface area (Å²) in [6.45, 7) is 5.77. The number of hydrogen-bond acceptors (Lipinski definition) is 4. The highest BCUT2D eigenvalue weighted by Gasteiger charge is 2.13. The molecule has 2 N–H and O–H groups in total. The molecule has 0 bridgehead atoms. The maximum Gasteiger partial charge on any atom is 0.190 e. The Hall–Kier alpha value is -1.39. The fourth-order valence-electron chi connectivity index (χ4n) is 1.90. The van der Waals surface area contributed by atoms with Gasteiger partial charge in [0.1, 0.15) is 0 Å². The van der Waals surface area contributed by atoms with E-state index in [1.54, 1.807) is 11.3 Å². The van der Waals surface area contributed by atoms with Crippen molar-refractivity contribution in [1.29, 1.82) is 0 Å². The lowest BCUT2D eigenvalue weighted by Crippen LogP contribution is -2.21. The third-order valence-electron chi connectivity index (χ3n) is 2.83. The highest BCUT2D eigenvalue weighted by molar-refractivity contribution is 7.13. The monoisotopic (exact) mass is 261 g/mol. The first kappa shape index (κ1) is 13.1. The van der Waals surface area contributed by atoms with Crippen LogP contribution >= 0.6 is 11.3 Å². The Morgan fingerprint density at radius 1 is 1.28 bits per heavy atom. The summed E-state index contributed by atoms with van der Waals surface area (Å²) in [5.74, 6) is 0. The van der Waals surface area contributed by atoms with Gasteiger partial charge in [0.25, 0.3) is 0 Å². The van der Waals surface area contributed by atoms with Gasteiger partial charge < -0.3 is 10.6 Å². The molecule has 0 aliphatic rings. The first-order chi connectivity index (χ1) is 8.72. The van der Waals surface area contributed by atoms with Crippen molar-refractivity contribution in [2.45, 2.75) is 20.3 Å². The average molecular weight is 261 g/mol. The van der Waals surface area contributed by atoms with Gasteiger partial charge >= 0.3 is 0 Å². The van der Waals surface area contributed by atoms with Crippen LogP contribution in [0.5, 0.6) is 0 Å². The van der Waals surface area contributed by atoms with E-state index in [2.05, 4.69) is 46.5 Å². The second-order valence-electron chi connectivity index (χ2n) is 4.35. The lowest BCUT2D eigenvalue weighted by atomic mass is 10.2. The molecular weight excluding hydrogens is 242 g/mol. The van der Waals surface area contributed by atoms with E-state index in [9.17, 15) is 0 Å². The molecule has 0 amide bonds. The number of benzene rings is 1. The maximum atomic E-state index is 5.63. The van der Waals surface area contributed by atoms with Crippen LogP contribution in [0.25, 0.3) is 0 Å². The number of hydrogen-bond donors (Lipinski definition) is 1. The van der Waals surface area contributed by atoms with Crippen molar-refractivity contribution in [1.82, 2.24) is 4.98 Å². The molecule has 1 heterocycles. The summed E-state index contributed by atoms with van der Waals surface area (Å²) in [6, 6.07) is 8.40. The molecular formula is C14H19N3S. The lowest BCUT2D eigenvalue weighted by molar-refractivity contribution is 0.813. The number of aryl methyl sites for hydroxylation is 2. The summed E-state index contributed by atoms with van der Waals surface area (Å²) >= 11 is 1.69. The lowest BCUT2D eigenvalue weighted by Gasteiger charge is -2.23. The highest BCUT2D eigenvalue weighted by Crippen LogP contribution is 2.30. The molecule has 4 heteroatoms. The van der Waals surface area contributed by atoms with Gasteiger partial charge in [0.2, 0.25) is 0 Å². The van der Waals surface area contributed by atoms with E-state index in [4.69, 9.17) is 5.73 Å². The topological polar surface area (TPSA) is 42.1 Å². The molecule has 0 atom stereocenters. The number of para-hydroxylation sites is 1. The van der Waals surface area contributed by atoms with Gasteiger partial charge in [-0.05, 0) is 38.4 Å². The van der Waals surface area contributed by atoms with E-state index in [-0.39, 0.29) is 0 Å². The van der Waals surface area contributed by atoms with Crippen LogP contribution in [0.3, 0.4) is 0 Å². The Morgan fingerprint density at radius 3 is 2.67 bits per heavy atom. The Kier molecular flexibility index (Phi) is 4.33. The van der Waals surface area contributed by atoms with Crippen LogP contribution in [0, 0.1) is 13.8 Å². The van der Waals surface area contributed by atoms with E-state index in [1.807, 2.05) is 6.92 Å². The van der Waals surface area contributed by atoms with Crippen molar-refractivity contribution in [3.63, 3.8) is 0 Å². The molecule has 0 saturated heterocycles. The van der Waals surface area contributed by atoms with Crippen molar-refractivity contribution < 1.29 is 0 Å². The molecule has 1 aromatic carbocycles. The first-order valence-electron chi connectivity index (χ1n) is 6.17. The fraction of sp³-hybridized carbons (Fsp3) is 0.357. The van der Waals surface area contributed by atoms with Crippen molar-refractivity contribution in [2.24, 2.45) is 5.73 Å². The number of nitrogens with zero attached hydrogens (tertiary/aromatic N) is 2. The summed E-state index contributed by atoms with van der Waals surface area (Å²) in [5, 5.41) is 3.14. The Bertz CT molecular complexity index is 507. The molecule has 0 spiro atoms. The number of thiazole rings is 1. The Balaban J connectivity index is 2.33. The molecule has 1 aromatic heterocycles. The minimum absolute atomic E-state index is 0.701. The summed E-state index contributed by atoms with van der Waals surface area (Å²) < 4.78 is 0. The van der Waals surface area contributed by atoms with Crippen molar-refractivity contribution in [2.75, 3.05) is 18.0 Å². The van der Waals surface area contributed by atoms with Crippen LogP contribution in [0.2, 0.25) is 0 Å². The van der Waals surface area contributed by atoms with Gasteiger partial charge in [-0.2, -0.15) is 0 Å². The van der Waals surface area contributed by atoms with Crippen LogP contribution in [0.1, 0.15) is 17.7 Å². The average Bonchev–Trinajstić information content (AvgIpc) is 2.78. The Labute approximate surface area is 112 Å². The van der Waals surface area contributed by atoms with E-state index < -0.39 is 0 Å². The van der Waals surface area contributed by atoms with Gasteiger partial charge in [0, 0.05) is 17.6 Å². The van der Waals surface area contributed by atoms with Gasteiger partial charge in [-0.15, -0.1) is 11.3 Å². The van der Waals surface area contributed by atoms with Crippen molar-refractivity contribution in [3.8, 4) is 0 Å². The zero-order valence-electron chi connectivity index (χ0n) is 10.9. The maximum absolute atomic E-state index is 5.63. The number of rotatable bonds is 5. The molecule has 0 radical (unpaired) electrons. The zero-order valence-corrected chi connectivity index (χ0v) is 11.7. The standard InChI is InChI=1S/C14H19N3S/c1-11-6-3-4-7-13(11)17(9-5-8-15)14-16-12(2)10-18-14/h3-4,6-7,10H,5,8-9,15H2,1-2H3. The molecule has 3 nitrogen and oxygen atoms in total. The summed E-state index contributed by atoms with van der Waals surface area (Å²) in [5.41, 5.74) is 9.19. The molecule has 96 valence electrons.